The molecule has 4 aromatic rings. The van der Waals surface area contributed by atoms with Crippen LogP contribution in [-0.4, -0.2) is 25.2 Å². The van der Waals surface area contributed by atoms with Crippen molar-refractivity contribution in [2.24, 2.45) is 13.0 Å². The van der Waals surface area contributed by atoms with E-state index in [0.29, 0.717) is 47.6 Å². The van der Waals surface area contributed by atoms with E-state index in [0.717, 1.165) is 17.8 Å². The zero-order valence-corrected chi connectivity index (χ0v) is 18.8. The van der Waals surface area contributed by atoms with Crippen LogP contribution in [0.5, 0.6) is 0 Å². The van der Waals surface area contributed by atoms with Crippen molar-refractivity contribution < 1.29 is 0 Å². The van der Waals surface area contributed by atoms with E-state index in [9.17, 15) is 9.59 Å². The van der Waals surface area contributed by atoms with Crippen LogP contribution in [0.4, 0.5) is 11.6 Å². The van der Waals surface area contributed by atoms with Gasteiger partial charge in [0.15, 0.2) is 11.2 Å². The van der Waals surface area contributed by atoms with E-state index in [1.165, 1.54) is 9.13 Å². The molecule has 0 amide bonds. The number of rotatable bonds is 4. The lowest BCUT2D eigenvalue weighted by Crippen LogP contribution is -2.40. The van der Waals surface area contributed by atoms with Crippen LogP contribution in [0, 0.1) is 5.92 Å². The number of imidazole rings is 1. The average Bonchev–Trinajstić information content (AvgIpc) is 3.18. The smallest absolute Gasteiger partial charge is 0.312 e. The first-order valence-electron chi connectivity index (χ1n) is 10.7. The van der Waals surface area contributed by atoms with E-state index in [2.05, 4.69) is 11.8 Å². The van der Waals surface area contributed by atoms with Crippen molar-refractivity contribution >= 4 is 34.4 Å². The number of halogens is 1. The molecule has 0 unspecified atom stereocenters. The number of benzene rings is 2. The molecule has 0 spiro atoms. The first kappa shape index (κ1) is 20.6. The van der Waals surface area contributed by atoms with Crippen molar-refractivity contribution in [2.45, 2.75) is 26.4 Å². The van der Waals surface area contributed by atoms with Crippen LogP contribution in [0.15, 0.2) is 64.2 Å². The van der Waals surface area contributed by atoms with Gasteiger partial charge in [-0.15, -0.1) is 0 Å². The molecule has 5 rings (SSSR count). The number of hydrogen-bond donors (Lipinski definition) is 0. The lowest BCUT2D eigenvalue weighted by Gasteiger charge is -2.33. The Morgan fingerprint density at radius 3 is 2.47 bits per heavy atom. The Bertz CT molecular complexity index is 1400. The first-order chi connectivity index (χ1) is 15.4. The van der Waals surface area contributed by atoms with Crippen LogP contribution in [0.25, 0.3) is 11.2 Å². The van der Waals surface area contributed by atoms with Crippen molar-refractivity contribution in [2.75, 3.05) is 11.4 Å². The van der Waals surface area contributed by atoms with E-state index in [4.69, 9.17) is 16.6 Å². The van der Waals surface area contributed by atoms with E-state index in [1.807, 2.05) is 59.2 Å². The van der Waals surface area contributed by atoms with Gasteiger partial charge in [-0.05, 0) is 42.2 Å². The fourth-order valence-electron chi connectivity index (χ4n) is 4.43. The molecule has 0 radical (unpaired) electrons. The quantitative estimate of drug-likeness (QED) is 0.477. The van der Waals surface area contributed by atoms with Gasteiger partial charge in [-0.2, -0.15) is 4.98 Å². The third-order valence-electron chi connectivity index (χ3n) is 6.05. The number of aromatic nitrogens is 4. The fourth-order valence-corrected chi connectivity index (χ4v) is 4.55. The first-order valence-corrected chi connectivity index (χ1v) is 11.1. The minimum Gasteiger partial charge on any atom is -0.312 e. The van der Waals surface area contributed by atoms with Gasteiger partial charge in [-0.25, -0.2) is 4.79 Å². The summed E-state index contributed by atoms with van der Waals surface area (Å²) in [5, 5.41) is 0.663. The second-order valence-electron chi connectivity index (χ2n) is 8.42. The number of anilines is 2. The van der Waals surface area contributed by atoms with Gasteiger partial charge < -0.3 is 9.47 Å². The highest BCUT2D eigenvalue weighted by atomic mass is 35.5. The number of nitrogens with zero attached hydrogens (tertiary/aromatic N) is 5. The minimum atomic E-state index is -0.347. The summed E-state index contributed by atoms with van der Waals surface area (Å²) in [6.07, 6.45) is 0.607. The summed E-state index contributed by atoms with van der Waals surface area (Å²) >= 11 is 6.07. The topological polar surface area (TPSA) is 65.1 Å². The molecule has 0 N–H and O–H groups in total. The second kappa shape index (κ2) is 7.98. The molecule has 0 bridgehead atoms. The summed E-state index contributed by atoms with van der Waals surface area (Å²) in [6, 6.07) is 17.4. The molecule has 1 aliphatic rings. The second-order valence-corrected chi connectivity index (χ2v) is 8.86. The van der Waals surface area contributed by atoms with Crippen molar-refractivity contribution in [3.05, 3.63) is 86.0 Å². The van der Waals surface area contributed by atoms with Gasteiger partial charge >= 0.3 is 5.69 Å². The van der Waals surface area contributed by atoms with Crippen LogP contribution >= 0.6 is 11.6 Å². The Hall–Kier alpha value is -3.32. The fraction of sp³-hybridized carbons (Fsp3) is 0.292. The van der Waals surface area contributed by atoms with Gasteiger partial charge in [0.2, 0.25) is 5.95 Å². The van der Waals surface area contributed by atoms with Crippen molar-refractivity contribution in [1.82, 2.24) is 18.7 Å². The molecule has 8 heteroatoms. The highest BCUT2D eigenvalue weighted by molar-refractivity contribution is 6.30. The molecule has 0 fully saturated rings. The Kier molecular flexibility index (Phi) is 5.13. The molecule has 0 saturated carbocycles. The summed E-state index contributed by atoms with van der Waals surface area (Å²) in [4.78, 5) is 33.4. The van der Waals surface area contributed by atoms with Gasteiger partial charge in [0.1, 0.15) is 0 Å². The normalized spacial score (nSPS) is 15.8. The van der Waals surface area contributed by atoms with E-state index in [1.54, 1.807) is 7.05 Å². The van der Waals surface area contributed by atoms with Crippen LogP contribution < -0.4 is 16.1 Å². The van der Waals surface area contributed by atoms with Gasteiger partial charge in [-0.3, -0.25) is 13.9 Å². The zero-order chi connectivity index (χ0) is 22.4. The Balaban J connectivity index is 1.65. The maximum Gasteiger partial charge on any atom is 0.332 e. The molecule has 1 atom stereocenters. The van der Waals surface area contributed by atoms with Crippen LogP contribution in [0.2, 0.25) is 5.02 Å². The van der Waals surface area contributed by atoms with Crippen molar-refractivity contribution in [3.63, 3.8) is 0 Å². The van der Waals surface area contributed by atoms with Gasteiger partial charge in [0, 0.05) is 37.4 Å². The molecular weight excluding hydrogens is 426 g/mol. The lowest BCUT2D eigenvalue weighted by molar-refractivity contribution is 0.457. The zero-order valence-electron chi connectivity index (χ0n) is 18.0. The molecule has 0 aliphatic carbocycles. The average molecular weight is 450 g/mol. The largest absolute Gasteiger partial charge is 0.332 e. The number of hydrogen-bond acceptors (Lipinski definition) is 4. The SMILES string of the molecule is C[C@@H]1CN(c2ccc(Cl)cc2)c2nc3c(c(=O)n(CCc4ccccc4)c(=O)n3C)n2C1. The highest BCUT2D eigenvalue weighted by Gasteiger charge is 2.29. The molecule has 0 saturated heterocycles. The van der Waals surface area contributed by atoms with Gasteiger partial charge in [0.25, 0.3) is 5.56 Å². The predicted octanol–water partition coefficient (Wildman–Crippen LogP) is 3.58. The van der Waals surface area contributed by atoms with Crippen LogP contribution in [0.1, 0.15) is 12.5 Å². The monoisotopic (exact) mass is 449 g/mol. The maximum atomic E-state index is 13.5. The van der Waals surface area contributed by atoms with Crippen molar-refractivity contribution in [1.29, 1.82) is 0 Å². The maximum absolute atomic E-state index is 13.5. The predicted molar refractivity (Wildman–Crippen MR) is 127 cm³/mol. The minimum absolute atomic E-state index is 0.289. The third-order valence-corrected chi connectivity index (χ3v) is 6.30. The Morgan fingerprint density at radius 2 is 1.75 bits per heavy atom. The summed E-state index contributed by atoms with van der Waals surface area (Å²) in [7, 11) is 1.68. The molecule has 2 aromatic heterocycles. The number of aryl methyl sites for hydroxylation is 2. The van der Waals surface area contributed by atoms with E-state index < -0.39 is 0 Å². The van der Waals surface area contributed by atoms with Crippen molar-refractivity contribution in [3.8, 4) is 0 Å². The Labute approximate surface area is 190 Å². The van der Waals surface area contributed by atoms with Crippen LogP contribution in [0.3, 0.4) is 0 Å². The number of fused-ring (bicyclic) bond motifs is 3. The summed E-state index contributed by atoms with van der Waals surface area (Å²) in [6.45, 7) is 3.90. The Morgan fingerprint density at radius 1 is 1.03 bits per heavy atom. The van der Waals surface area contributed by atoms with E-state index >= 15 is 0 Å². The summed E-state index contributed by atoms with van der Waals surface area (Å²) < 4.78 is 4.77. The highest BCUT2D eigenvalue weighted by Crippen LogP contribution is 2.33. The third kappa shape index (κ3) is 3.42. The molecule has 2 aromatic carbocycles. The van der Waals surface area contributed by atoms with Crippen LogP contribution in [-0.2, 0) is 26.6 Å². The molecule has 1 aliphatic heterocycles. The standard InChI is InChI=1S/C24H24ClN5O2/c1-16-14-29(19-10-8-18(25)9-11-19)23-26-21-20(30(23)15-16)22(31)28(24(32)27(21)2)13-12-17-6-4-3-5-7-17/h3-11,16H,12-15H2,1-2H3/t16-/m1/s1. The summed E-state index contributed by atoms with van der Waals surface area (Å²) in [5.41, 5.74) is 2.29. The van der Waals surface area contributed by atoms with Gasteiger partial charge in [-0.1, -0.05) is 48.9 Å². The molecular formula is C24H24ClN5O2. The molecule has 3 heterocycles. The molecule has 32 heavy (non-hydrogen) atoms. The molecule has 164 valence electrons. The summed E-state index contributed by atoms with van der Waals surface area (Å²) in [5.74, 6) is 0.971. The van der Waals surface area contributed by atoms with Gasteiger partial charge in [0.05, 0.1) is 0 Å². The molecule has 7 nitrogen and oxygen atoms in total. The lowest BCUT2D eigenvalue weighted by atomic mass is 10.1. The van der Waals surface area contributed by atoms with E-state index in [-0.39, 0.29) is 11.2 Å².